The molecular formula is C12H12FNO5. The maximum Gasteiger partial charge on any atom is 0.342 e. The third kappa shape index (κ3) is 3.18. The monoisotopic (exact) mass is 269 g/mol. The van der Waals surface area contributed by atoms with E-state index in [2.05, 4.69) is 0 Å². The lowest BCUT2D eigenvalue weighted by molar-refractivity contribution is -0.385. The summed E-state index contributed by atoms with van der Waals surface area (Å²) < 4.78 is 18.7. The molecule has 1 N–H and O–H groups in total. The molecule has 0 unspecified atom stereocenters. The van der Waals surface area contributed by atoms with Crippen LogP contribution in [0, 0.1) is 21.8 Å². The SMILES string of the molecule is O=C(O)c1cc(OCCC2CC2)c(F)cc1[N+](=O)[O-]. The van der Waals surface area contributed by atoms with Crippen molar-refractivity contribution in [3.63, 3.8) is 0 Å². The van der Waals surface area contributed by atoms with E-state index < -0.39 is 28.0 Å². The molecule has 0 radical (unpaired) electrons. The Morgan fingerprint density at radius 2 is 2.21 bits per heavy atom. The number of ether oxygens (including phenoxy) is 1. The number of hydrogen-bond acceptors (Lipinski definition) is 4. The van der Waals surface area contributed by atoms with Gasteiger partial charge in [-0.2, -0.15) is 0 Å². The quantitative estimate of drug-likeness (QED) is 0.633. The van der Waals surface area contributed by atoms with Gasteiger partial charge in [-0.15, -0.1) is 0 Å². The number of hydrogen-bond donors (Lipinski definition) is 1. The van der Waals surface area contributed by atoms with Crippen LogP contribution in [0.4, 0.5) is 10.1 Å². The Kier molecular flexibility index (Phi) is 3.64. The van der Waals surface area contributed by atoms with Gasteiger partial charge in [-0.1, -0.05) is 12.8 Å². The lowest BCUT2D eigenvalue weighted by atomic mass is 10.1. The summed E-state index contributed by atoms with van der Waals surface area (Å²) in [7, 11) is 0. The van der Waals surface area contributed by atoms with Gasteiger partial charge in [0.15, 0.2) is 11.6 Å². The molecule has 102 valence electrons. The number of halogens is 1. The highest BCUT2D eigenvalue weighted by Crippen LogP contribution is 2.33. The number of aromatic carboxylic acids is 1. The fraction of sp³-hybridized carbons (Fsp3) is 0.417. The zero-order valence-electron chi connectivity index (χ0n) is 9.97. The first-order valence-corrected chi connectivity index (χ1v) is 5.83. The molecular weight excluding hydrogens is 257 g/mol. The van der Waals surface area contributed by atoms with Crippen molar-refractivity contribution in [1.29, 1.82) is 0 Å². The minimum Gasteiger partial charge on any atom is -0.490 e. The predicted molar refractivity (Wildman–Crippen MR) is 62.8 cm³/mol. The van der Waals surface area contributed by atoms with E-state index in [4.69, 9.17) is 9.84 Å². The molecule has 1 aromatic rings. The summed E-state index contributed by atoms with van der Waals surface area (Å²) in [5.41, 5.74) is -1.35. The van der Waals surface area contributed by atoms with E-state index >= 15 is 0 Å². The lowest BCUT2D eigenvalue weighted by Gasteiger charge is -2.08. The van der Waals surface area contributed by atoms with Crippen molar-refractivity contribution in [2.24, 2.45) is 5.92 Å². The second kappa shape index (κ2) is 5.21. The van der Waals surface area contributed by atoms with Crippen LogP contribution in [0.15, 0.2) is 12.1 Å². The Balaban J connectivity index is 2.20. The van der Waals surface area contributed by atoms with Crippen LogP contribution in [0.1, 0.15) is 29.6 Å². The summed E-state index contributed by atoms with van der Waals surface area (Å²) in [4.78, 5) is 20.6. The molecule has 1 aliphatic rings. The molecule has 1 aliphatic carbocycles. The van der Waals surface area contributed by atoms with Gasteiger partial charge in [-0.05, 0) is 12.3 Å². The van der Waals surface area contributed by atoms with Crippen LogP contribution in [0.3, 0.4) is 0 Å². The third-order valence-corrected chi connectivity index (χ3v) is 2.96. The van der Waals surface area contributed by atoms with Gasteiger partial charge >= 0.3 is 5.97 Å². The minimum absolute atomic E-state index is 0.261. The number of rotatable bonds is 6. The molecule has 0 aromatic heterocycles. The Labute approximate surface area is 108 Å². The van der Waals surface area contributed by atoms with Crippen LogP contribution in [-0.2, 0) is 0 Å². The lowest BCUT2D eigenvalue weighted by Crippen LogP contribution is -2.06. The smallest absolute Gasteiger partial charge is 0.342 e. The number of nitro benzene ring substituents is 1. The first-order chi connectivity index (χ1) is 8.99. The van der Waals surface area contributed by atoms with Crippen LogP contribution in [0.25, 0.3) is 0 Å². The normalized spacial score (nSPS) is 14.2. The predicted octanol–water partition coefficient (Wildman–Crippen LogP) is 2.61. The molecule has 1 fully saturated rings. The second-order valence-corrected chi connectivity index (χ2v) is 4.44. The molecule has 0 saturated heterocycles. The first kappa shape index (κ1) is 13.3. The van der Waals surface area contributed by atoms with E-state index in [-0.39, 0.29) is 12.4 Å². The average Bonchev–Trinajstić information content (AvgIpc) is 3.14. The summed E-state index contributed by atoms with van der Waals surface area (Å²) in [5.74, 6) is -2.07. The van der Waals surface area contributed by atoms with Gasteiger partial charge in [-0.25, -0.2) is 9.18 Å². The van der Waals surface area contributed by atoms with Crippen LogP contribution in [0.5, 0.6) is 5.75 Å². The van der Waals surface area contributed by atoms with Crippen molar-refractivity contribution in [3.8, 4) is 5.75 Å². The van der Waals surface area contributed by atoms with E-state index in [0.717, 1.165) is 25.3 Å². The summed E-state index contributed by atoms with van der Waals surface area (Å²) >= 11 is 0. The summed E-state index contributed by atoms with van der Waals surface area (Å²) in [5, 5.41) is 19.5. The minimum atomic E-state index is -1.49. The molecule has 2 rings (SSSR count). The maximum absolute atomic E-state index is 13.6. The highest BCUT2D eigenvalue weighted by atomic mass is 19.1. The molecule has 0 aliphatic heterocycles. The number of carboxylic acids is 1. The Morgan fingerprint density at radius 3 is 2.74 bits per heavy atom. The second-order valence-electron chi connectivity index (χ2n) is 4.44. The van der Waals surface area contributed by atoms with Crippen molar-refractivity contribution in [2.45, 2.75) is 19.3 Å². The molecule has 1 aromatic carbocycles. The molecule has 0 heterocycles. The highest BCUT2D eigenvalue weighted by molar-refractivity contribution is 5.92. The average molecular weight is 269 g/mol. The van der Waals surface area contributed by atoms with Gasteiger partial charge in [0.05, 0.1) is 17.6 Å². The Bertz CT molecular complexity index is 527. The van der Waals surface area contributed by atoms with E-state index in [1.165, 1.54) is 0 Å². The van der Waals surface area contributed by atoms with Crippen LogP contribution < -0.4 is 4.74 Å². The maximum atomic E-state index is 13.6. The van der Waals surface area contributed by atoms with E-state index in [1.54, 1.807) is 0 Å². The van der Waals surface area contributed by atoms with E-state index in [9.17, 15) is 19.3 Å². The first-order valence-electron chi connectivity index (χ1n) is 5.83. The van der Waals surface area contributed by atoms with Gasteiger partial charge in [0.1, 0.15) is 5.56 Å². The molecule has 0 spiro atoms. The molecule has 1 saturated carbocycles. The summed E-state index contributed by atoms with van der Waals surface area (Å²) in [6.45, 7) is 0.276. The number of nitro groups is 1. The fourth-order valence-electron chi connectivity index (χ4n) is 1.72. The zero-order valence-corrected chi connectivity index (χ0v) is 9.97. The van der Waals surface area contributed by atoms with Crippen LogP contribution >= 0.6 is 0 Å². The zero-order chi connectivity index (χ0) is 14.0. The van der Waals surface area contributed by atoms with Crippen molar-refractivity contribution < 1.29 is 24.0 Å². The van der Waals surface area contributed by atoms with Gasteiger partial charge in [0, 0.05) is 6.07 Å². The molecule has 19 heavy (non-hydrogen) atoms. The number of carboxylic acid groups (broad SMARTS) is 1. The van der Waals surface area contributed by atoms with E-state index in [0.29, 0.717) is 12.0 Å². The topological polar surface area (TPSA) is 89.7 Å². The summed E-state index contributed by atoms with van der Waals surface area (Å²) in [6.07, 6.45) is 3.04. The van der Waals surface area contributed by atoms with Crippen molar-refractivity contribution >= 4 is 11.7 Å². The third-order valence-electron chi connectivity index (χ3n) is 2.96. The molecule has 7 heteroatoms. The Hall–Kier alpha value is -2.18. The van der Waals surface area contributed by atoms with Crippen LogP contribution in [0.2, 0.25) is 0 Å². The molecule has 0 amide bonds. The van der Waals surface area contributed by atoms with Crippen LogP contribution in [-0.4, -0.2) is 22.6 Å². The molecule has 0 bridgehead atoms. The van der Waals surface area contributed by atoms with Crippen molar-refractivity contribution in [3.05, 3.63) is 33.6 Å². The van der Waals surface area contributed by atoms with Gasteiger partial charge in [-0.3, -0.25) is 10.1 Å². The number of nitrogens with zero attached hydrogens (tertiary/aromatic N) is 1. The Morgan fingerprint density at radius 1 is 1.53 bits per heavy atom. The highest BCUT2D eigenvalue weighted by Gasteiger charge is 2.25. The fourth-order valence-corrected chi connectivity index (χ4v) is 1.72. The molecule has 0 atom stereocenters. The van der Waals surface area contributed by atoms with Gasteiger partial charge in [0.25, 0.3) is 5.69 Å². The van der Waals surface area contributed by atoms with E-state index in [1.807, 2.05) is 0 Å². The summed E-state index contributed by atoms with van der Waals surface area (Å²) in [6, 6.07) is 1.44. The standard InChI is InChI=1S/C12H12FNO5/c13-9-6-10(14(17)18)8(12(15)16)5-11(9)19-4-3-7-1-2-7/h5-7H,1-4H2,(H,15,16). The number of carbonyl (C=O) groups is 1. The van der Waals surface area contributed by atoms with Crippen molar-refractivity contribution in [2.75, 3.05) is 6.61 Å². The molecule has 6 nitrogen and oxygen atoms in total. The van der Waals surface area contributed by atoms with Gasteiger partial charge < -0.3 is 9.84 Å². The largest absolute Gasteiger partial charge is 0.490 e. The van der Waals surface area contributed by atoms with Crippen molar-refractivity contribution in [1.82, 2.24) is 0 Å². The number of benzene rings is 1. The van der Waals surface area contributed by atoms with Gasteiger partial charge in [0.2, 0.25) is 0 Å².